The van der Waals surface area contributed by atoms with Crippen LogP contribution in [0, 0.1) is 0 Å². The fourth-order valence-corrected chi connectivity index (χ4v) is 15.8. The molecule has 10 aliphatic heterocycles. The molecular formula is C68H114N4O50. The third-order valence-electron chi connectivity index (χ3n) is 22.4. The smallest absolute Gasteiger partial charge is 0.217 e. The lowest BCUT2D eigenvalue weighted by atomic mass is 9.93. The Morgan fingerprint density at radius 2 is 0.508 bits per heavy atom. The van der Waals surface area contributed by atoms with E-state index in [2.05, 4.69) is 21.3 Å². The molecule has 10 heterocycles. The van der Waals surface area contributed by atoms with Crippen molar-refractivity contribution in [2.75, 3.05) is 59.5 Å². The minimum absolute atomic E-state index is 0.843. The van der Waals surface area contributed by atoms with Gasteiger partial charge in [-0.3, -0.25) is 19.2 Å². The Morgan fingerprint density at radius 1 is 0.230 bits per heavy atom. The molecule has 0 bridgehead atoms. The first kappa shape index (κ1) is 100. The first-order valence-corrected chi connectivity index (χ1v) is 39.0. The Bertz CT molecular complexity index is 3290. The predicted octanol–water partition coefficient (Wildman–Crippen LogP) is -21.2. The summed E-state index contributed by atoms with van der Waals surface area (Å²) in [6, 6.07) is -7.58. The topological polar surface area (TPSA) is 838 Å². The van der Waals surface area contributed by atoms with E-state index in [9.17, 15) is 157 Å². The largest absolute Gasteiger partial charge is 0.394 e. The molecule has 10 saturated heterocycles. The van der Waals surface area contributed by atoms with Crippen LogP contribution in [0.15, 0.2) is 0 Å². The van der Waals surface area contributed by atoms with Crippen molar-refractivity contribution in [3.05, 3.63) is 0 Å². The van der Waals surface area contributed by atoms with Gasteiger partial charge in [-0.05, 0) is 6.92 Å². The molecule has 4 amide bonds. The van der Waals surface area contributed by atoms with Crippen molar-refractivity contribution in [2.45, 2.75) is 341 Å². The summed E-state index contributed by atoms with van der Waals surface area (Å²) in [4.78, 5) is 51.3. The zero-order valence-corrected chi connectivity index (χ0v) is 65.7. The van der Waals surface area contributed by atoms with Gasteiger partial charge in [-0.2, -0.15) is 0 Å². The molecule has 31 N–H and O–H groups in total. The standard InChI is InChI=1S/C68H114N4O50/c1-15-33(84)44(95)48(99)63(106-15)104-14-28-54(41(92)29(59(103)107-28)69-16(2)80)116-61-31(71-18(4)82)42(93)53(25(11-78)113-61)118-66-51(102)56(39(90)27(115-66)13-105-67-57(46(97)36(87)22(8-75)111-67)121-60-30(70-17(3)81)40(91)34(85)20(6-73)108-60)120-68-58(47(98)37(88)23(9-76)112-68)122-62-32(72-19(5)83)43(94)52(26(12-79)114-62)117-65-50(101)55(38(89)24(10-77)110-65)119-64-49(100)45(96)35(86)21(7-74)109-64/h15,20-68,73-79,84-103H,6-14H2,1-5H3,(H,69,80)(H,70,81)(H,71,82)(H,72,83)/t15-,20+,21+,22+,23+,24+,25+,26+,27+,28+,29+,30+,31+,32+,33+,34+,35-,36+,37+,38-,39+,40+,41+,42+,43+,44+,45-,46-,47-,48-,49+,50+,51-,52+,53+,54+,55-,56-,57-,58-,59?,60-,61-,62-,63+,64+,65-,66-,67-,68+/m0/s1. The molecule has 122 heavy (non-hydrogen) atoms. The molecule has 0 radical (unpaired) electrons. The summed E-state index contributed by atoms with van der Waals surface area (Å²) in [6.07, 6.45) is -95.4. The number of carbonyl (C=O) groups excluding carboxylic acids is 4. The van der Waals surface area contributed by atoms with Crippen LogP contribution in [0.25, 0.3) is 0 Å². The Labute approximate surface area is 691 Å². The van der Waals surface area contributed by atoms with Gasteiger partial charge >= 0.3 is 0 Å². The van der Waals surface area contributed by atoms with Crippen LogP contribution in [0.4, 0.5) is 0 Å². The Kier molecular flexibility index (Phi) is 35.8. The molecule has 0 aromatic carbocycles. The molecular weight excluding hydrogens is 1670 g/mol. The van der Waals surface area contributed by atoms with E-state index in [-0.39, 0.29) is 0 Å². The highest BCUT2D eigenvalue weighted by Crippen LogP contribution is 2.41. The molecule has 54 heteroatoms. The van der Waals surface area contributed by atoms with E-state index in [1.807, 2.05) is 0 Å². The summed E-state index contributed by atoms with van der Waals surface area (Å²) >= 11 is 0. The van der Waals surface area contributed by atoms with Gasteiger partial charge in [-0.25, -0.2) is 0 Å². The lowest BCUT2D eigenvalue weighted by Crippen LogP contribution is -2.71. The summed E-state index contributed by atoms with van der Waals surface area (Å²) in [5.74, 6) is -3.70. The average Bonchev–Trinajstić information content (AvgIpc) is 0.767. The molecule has 10 aliphatic rings. The molecule has 0 aliphatic carbocycles. The normalized spacial score (nSPS) is 49.7. The van der Waals surface area contributed by atoms with Crippen molar-refractivity contribution < 1.29 is 247 Å². The van der Waals surface area contributed by atoms with E-state index >= 15 is 0 Å². The van der Waals surface area contributed by atoms with Crippen LogP contribution in [0.2, 0.25) is 0 Å². The van der Waals surface area contributed by atoms with Gasteiger partial charge in [0.15, 0.2) is 62.9 Å². The Balaban J connectivity index is 0.971. The van der Waals surface area contributed by atoms with Crippen molar-refractivity contribution in [3.8, 4) is 0 Å². The molecule has 706 valence electrons. The second kappa shape index (κ2) is 43.6. The molecule has 10 rings (SSSR count). The van der Waals surface area contributed by atoms with Crippen molar-refractivity contribution >= 4 is 23.6 Å². The minimum Gasteiger partial charge on any atom is -0.394 e. The van der Waals surface area contributed by atoms with Crippen LogP contribution in [0.5, 0.6) is 0 Å². The van der Waals surface area contributed by atoms with E-state index in [1.54, 1.807) is 0 Å². The lowest BCUT2D eigenvalue weighted by Gasteiger charge is -2.51. The molecule has 54 nitrogen and oxygen atoms in total. The lowest BCUT2D eigenvalue weighted by molar-refractivity contribution is -0.400. The molecule has 0 spiro atoms. The summed E-state index contributed by atoms with van der Waals surface area (Å²) in [7, 11) is 0. The van der Waals surface area contributed by atoms with E-state index in [1.165, 1.54) is 6.92 Å². The maximum atomic E-state index is 13.2. The van der Waals surface area contributed by atoms with Gasteiger partial charge in [0.25, 0.3) is 0 Å². The van der Waals surface area contributed by atoms with E-state index in [0.717, 1.165) is 27.7 Å². The zero-order chi connectivity index (χ0) is 89.8. The third-order valence-corrected chi connectivity index (χ3v) is 22.4. The van der Waals surface area contributed by atoms with E-state index < -0.39 is 390 Å². The van der Waals surface area contributed by atoms with E-state index in [0.29, 0.717) is 0 Å². The highest BCUT2D eigenvalue weighted by atomic mass is 16.8. The highest BCUT2D eigenvalue weighted by molar-refractivity contribution is 5.74. The van der Waals surface area contributed by atoms with E-state index in [4.69, 9.17) is 90.0 Å². The van der Waals surface area contributed by atoms with Crippen molar-refractivity contribution in [2.24, 2.45) is 0 Å². The number of aliphatic hydroxyl groups excluding tert-OH is 27. The SMILES string of the molecule is CC(=O)N[C@H]1[C@H](O[C@H]2[C@H](O)[C@@H](NC(C)=O)C(O)O[C@@H]2CO[C@@H]2O[C@@H](C)[C@@H](O)[C@@H](O)[C@@H]2O)O[C@H](CO)[C@@H](O[C@@H]2O[C@H](CO[C@H]3O[C@H](CO)[C@@H](O)[C@H](O)[C@@H]3O[C@@H]3O[C@H](CO)[C@@H](O)[C@H](O)[C@H]3NC(C)=O)[C@@H](O)[C@H](O[C@H]3O[C@H](CO)[C@@H](O)[C@H](O)[C@@H]3O[C@@H]3O[C@H](CO)[C@@H](O[C@@H]4O[C@H](CO)[C@H](O)[C@H](O[C@H]5O[C@H](CO)[C@H](O)[C@H](O)[C@H]5O)[C@H]4O)[C@H](O)[C@H]3NC(C)=O)[C@@H]2O)[C@@H]1O. The van der Waals surface area contributed by atoms with Crippen molar-refractivity contribution in [1.29, 1.82) is 0 Å². The molecule has 10 fully saturated rings. The van der Waals surface area contributed by atoms with Crippen molar-refractivity contribution in [1.82, 2.24) is 21.3 Å². The number of amides is 4. The molecule has 0 aromatic heterocycles. The number of hydrogen-bond acceptors (Lipinski definition) is 50. The number of carbonyl (C=O) groups is 4. The van der Waals surface area contributed by atoms with Crippen LogP contribution >= 0.6 is 0 Å². The van der Waals surface area contributed by atoms with Crippen LogP contribution in [-0.4, -0.2) is 528 Å². The van der Waals surface area contributed by atoms with Gasteiger partial charge in [-0.15, -0.1) is 0 Å². The maximum Gasteiger partial charge on any atom is 0.217 e. The Hall–Kier alpha value is -3.96. The second-order valence-electron chi connectivity index (χ2n) is 31.0. The van der Waals surface area contributed by atoms with Gasteiger partial charge in [0.1, 0.15) is 238 Å². The molecule has 0 aromatic rings. The number of nitrogens with one attached hydrogen (secondary N) is 4. The Morgan fingerprint density at radius 3 is 0.959 bits per heavy atom. The number of ether oxygens (including phenoxy) is 19. The summed E-state index contributed by atoms with van der Waals surface area (Å²) in [6.45, 7) is -4.79. The number of rotatable bonds is 31. The maximum absolute atomic E-state index is 13.2. The summed E-state index contributed by atoms with van der Waals surface area (Å²) in [5, 5.41) is 311. The van der Waals surface area contributed by atoms with Crippen LogP contribution < -0.4 is 21.3 Å². The quantitative estimate of drug-likeness (QED) is 0.0306. The number of aliphatic hydroxyl groups is 27. The highest BCUT2D eigenvalue weighted by Gasteiger charge is 2.62. The van der Waals surface area contributed by atoms with Gasteiger partial charge in [-0.1, -0.05) is 0 Å². The monoisotopic (exact) mass is 1790 g/mol. The van der Waals surface area contributed by atoms with Gasteiger partial charge in [0, 0.05) is 27.7 Å². The summed E-state index contributed by atoms with van der Waals surface area (Å²) < 4.78 is 113. The third kappa shape index (κ3) is 22.0. The van der Waals surface area contributed by atoms with Gasteiger partial charge in [0.2, 0.25) is 23.6 Å². The first-order valence-electron chi connectivity index (χ1n) is 39.0. The number of hydrogen-bond donors (Lipinski definition) is 31. The average molecular weight is 1790 g/mol. The van der Waals surface area contributed by atoms with Gasteiger partial charge in [0.05, 0.1) is 65.6 Å². The van der Waals surface area contributed by atoms with Crippen LogP contribution in [0.1, 0.15) is 34.6 Å². The molecule has 0 saturated carbocycles. The molecule has 50 atom stereocenters. The predicted molar refractivity (Wildman–Crippen MR) is 375 cm³/mol. The second-order valence-corrected chi connectivity index (χ2v) is 31.0. The fraction of sp³-hybridized carbons (Fsp3) is 0.941. The van der Waals surface area contributed by atoms with Gasteiger partial charge < -0.3 is 249 Å². The zero-order valence-electron chi connectivity index (χ0n) is 65.7. The van der Waals surface area contributed by atoms with Crippen LogP contribution in [0.3, 0.4) is 0 Å². The van der Waals surface area contributed by atoms with Crippen LogP contribution in [-0.2, 0) is 109 Å². The fourth-order valence-electron chi connectivity index (χ4n) is 15.8. The molecule has 1 unspecified atom stereocenters. The first-order chi connectivity index (χ1) is 57.7. The minimum atomic E-state index is -2.62. The van der Waals surface area contributed by atoms with Crippen molar-refractivity contribution in [3.63, 3.8) is 0 Å². The summed E-state index contributed by atoms with van der Waals surface area (Å²) in [5.41, 5.74) is 0.